The van der Waals surface area contributed by atoms with Gasteiger partial charge in [0, 0.05) is 37.3 Å². The van der Waals surface area contributed by atoms with Crippen molar-refractivity contribution in [1.29, 1.82) is 0 Å². The van der Waals surface area contributed by atoms with Gasteiger partial charge in [-0.1, -0.05) is 30.2 Å². The number of imidazole rings is 1. The fraction of sp³-hybridized carbons (Fsp3) is 0.385. The highest BCUT2D eigenvalue weighted by molar-refractivity contribution is 5.85. The highest BCUT2D eigenvalue weighted by atomic mass is 16.2. The van der Waals surface area contributed by atoms with E-state index < -0.39 is 16.8 Å². The van der Waals surface area contributed by atoms with Crippen molar-refractivity contribution in [2.75, 3.05) is 18.5 Å². The van der Waals surface area contributed by atoms with Crippen LogP contribution >= 0.6 is 0 Å². The molecule has 0 bridgehead atoms. The van der Waals surface area contributed by atoms with Gasteiger partial charge in [-0.05, 0) is 39.1 Å². The summed E-state index contributed by atoms with van der Waals surface area (Å²) in [4.78, 5) is 38.4. The SMILES string of the molecule is CC#CCn1c(N(C)CC(C)(C)N)nc2c1c(=O)n(Cc1nc(C)cc3ccccc13)c(=O)n2C. The van der Waals surface area contributed by atoms with Crippen molar-refractivity contribution in [3.05, 3.63) is 62.6 Å². The number of fused-ring (bicyclic) bond motifs is 2. The molecule has 0 spiro atoms. The largest absolute Gasteiger partial charge is 0.343 e. The van der Waals surface area contributed by atoms with Gasteiger partial charge in [0.05, 0.1) is 18.8 Å². The molecule has 3 heterocycles. The van der Waals surface area contributed by atoms with E-state index in [4.69, 9.17) is 5.73 Å². The number of benzene rings is 1. The third-order valence-corrected chi connectivity index (χ3v) is 5.87. The molecule has 0 amide bonds. The van der Waals surface area contributed by atoms with Gasteiger partial charge in [-0.15, -0.1) is 5.92 Å². The molecule has 0 aliphatic carbocycles. The van der Waals surface area contributed by atoms with Crippen molar-refractivity contribution in [1.82, 2.24) is 23.7 Å². The molecule has 0 atom stereocenters. The van der Waals surface area contributed by atoms with Gasteiger partial charge in [0.25, 0.3) is 5.56 Å². The maximum Gasteiger partial charge on any atom is 0.332 e. The third kappa shape index (κ3) is 4.57. The fourth-order valence-electron chi connectivity index (χ4n) is 4.47. The van der Waals surface area contributed by atoms with Crippen LogP contribution in [0.4, 0.5) is 5.95 Å². The Balaban J connectivity index is 1.97. The highest BCUT2D eigenvalue weighted by Crippen LogP contribution is 2.21. The Labute approximate surface area is 203 Å². The Bertz CT molecular complexity index is 1610. The molecule has 0 saturated carbocycles. The van der Waals surface area contributed by atoms with Crippen molar-refractivity contribution < 1.29 is 0 Å². The Morgan fingerprint density at radius 2 is 1.86 bits per heavy atom. The van der Waals surface area contributed by atoms with Crippen LogP contribution in [0.5, 0.6) is 0 Å². The van der Waals surface area contributed by atoms with E-state index in [2.05, 4.69) is 21.8 Å². The number of nitrogens with zero attached hydrogens (tertiary/aromatic N) is 6. The average Bonchev–Trinajstić information content (AvgIpc) is 3.17. The number of pyridine rings is 1. The molecule has 35 heavy (non-hydrogen) atoms. The summed E-state index contributed by atoms with van der Waals surface area (Å²) in [5, 5.41) is 1.92. The van der Waals surface area contributed by atoms with Crippen molar-refractivity contribution >= 4 is 27.9 Å². The van der Waals surface area contributed by atoms with Crippen molar-refractivity contribution in [3.8, 4) is 11.8 Å². The quantitative estimate of drug-likeness (QED) is 0.430. The Morgan fingerprint density at radius 1 is 1.14 bits per heavy atom. The van der Waals surface area contributed by atoms with Crippen LogP contribution < -0.4 is 21.9 Å². The van der Waals surface area contributed by atoms with Gasteiger partial charge < -0.3 is 10.6 Å². The first-order valence-electron chi connectivity index (χ1n) is 11.5. The van der Waals surface area contributed by atoms with Crippen molar-refractivity contribution in [2.24, 2.45) is 12.8 Å². The molecular formula is C26H31N7O2. The first-order chi connectivity index (χ1) is 16.5. The number of nitrogens with two attached hydrogens (primary N) is 1. The van der Waals surface area contributed by atoms with E-state index in [-0.39, 0.29) is 13.1 Å². The van der Waals surface area contributed by atoms with E-state index >= 15 is 0 Å². The van der Waals surface area contributed by atoms with Crippen LogP contribution in [0.3, 0.4) is 0 Å². The minimum atomic E-state index is -0.488. The Kier molecular flexibility index (Phi) is 6.26. The molecule has 0 fully saturated rings. The number of anilines is 1. The summed E-state index contributed by atoms with van der Waals surface area (Å²) in [6.45, 7) is 8.30. The molecule has 3 aromatic heterocycles. The molecule has 0 radical (unpaired) electrons. The summed E-state index contributed by atoms with van der Waals surface area (Å²) < 4.78 is 4.40. The van der Waals surface area contributed by atoms with E-state index in [1.54, 1.807) is 18.5 Å². The van der Waals surface area contributed by atoms with Crippen LogP contribution in [0.1, 0.15) is 32.2 Å². The number of hydrogen-bond donors (Lipinski definition) is 1. The van der Waals surface area contributed by atoms with E-state index in [0.29, 0.717) is 29.4 Å². The number of likely N-dealkylation sites (N-methyl/N-ethyl adjacent to an activating group) is 1. The maximum absolute atomic E-state index is 13.8. The molecule has 4 aromatic rings. The predicted octanol–water partition coefficient (Wildman–Crippen LogP) is 2.00. The molecular weight excluding hydrogens is 442 g/mol. The van der Waals surface area contributed by atoms with Crippen LogP contribution in [0, 0.1) is 18.8 Å². The van der Waals surface area contributed by atoms with Crippen LogP contribution in [-0.2, 0) is 20.1 Å². The molecule has 9 nitrogen and oxygen atoms in total. The van der Waals surface area contributed by atoms with E-state index in [1.807, 2.05) is 63.1 Å². The van der Waals surface area contributed by atoms with Crippen LogP contribution in [-0.4, -0.2) is 42.8 Å². The minimum absolute atomic E-state index is 0.0509. The lowest BCUT2D eigenvalue weighted by Crippen LogP contribution is -2.44. The van der Waals surface area contributed by atoms with Crippen molar-refractivity contribution in [2.45, 2.75) is 46.3 Å². The average molecular weight is 474 g/mol. The zero-order valence-electron chi connectivity index (χ0n) is 21.1. The predicted molar refractivity (Wildman–Crippen MR) is 140 cm³/mol. The summed E-state index contributed by atoms with van der Waals surface area (Å²) in [7, 11) is 3.49. The number of aryl methyl sites for hydroxylation is 2. The normalized spacial score (nSPS) is 11.6. The molecule has 2 N–H and O–H groups in total. The maximum atomic E-state index is 13.8. The number of rotatable bonds is 6. The molecule has 1 aromatic carbocycles. The van der Waals surface area contributed by atoms with Gasteiger partial charge >= 0.3 is 5.69 Å². The smallest absolute Gasteiger partial charge is 0.332 e. The lowest BCUT2D eigenvalue weighted by Gasteiger charge is -2.27. The van der Waals surface area contributed by atoms with Gasteiger partial charge in [0.15, 0.2) is 11.2 Å². The molecule has 0 aliphatic rings. The summed E-state index contributed by atoms with van der Waals surface area (Å²) in [5.41, 5.74) is 7.00. The first-order valence-corrected chi connectivity index (χ1v) is 11.5. The van der Waals surface area contributed by atoms with E-state index in [9.17, 15) is 9.59 Å². The van der Waals surface area contributed by atoms with Gasteiger partial charge in [-0.2, -0.15) is 4.98 Å². The standard InChI is InChI=1S/C26H31N7O2/c1-7-8-13-32-21-22(29-24(32)30(5)16-26(3,4)27)31(6)25(35)33(23(21)34)15-20-19-12-10-9-11-18(19)14-17(2)28-20/h9-12,14H,13,15-16,27H2,1-6H3. The van der Waals surface area contributed by atoms with Gasteiger partial charge in [0.1, 0.15) is 0 Å². The third-order valence-electron chi connectivity index (χ3n) is 5.87. The highest BCUT2D eigenvalue weighted by Gasteiger charge is 2.24. The summed E-state index contributed by atoms with van der Waals surface area (Å²) in [5.74, 6) is 6.44. The zero-order chi connectivity index (χ0) is 25.5. The number of hydrogen-bond acceptors (Lipinski definition) is 6. The second-order valence-corrected chi connectivity index (χ2v) is 9.61. The van der Waals surface area contributed by atoms with Gasteiger partial charge in [0.2, 0.25) is 5.95 Å². The second kappa shape index (κ2) is 9.04. The molecule has 4 rings (SSSR count). The summed E-state index contributed by atoms with van der Waals surface area (Å²) in [6, 6.07) is 9.82. The minimum Gasteiger partial charge on any atom is -0.343 e. The molecule has 9 heteroatoms. The first kappa shape index (κ1) is 24.2. The molecule has 182 valence electrons. The lowest BCUT2D eigenvalue weighted by atomic mass is 10.1. The van der Waals surface area contributed by atoms with E-state index in [1.165, 1.54) is 9.13 Å². The van der Waals surface area contributed by atoms with Crippen LogP contribution in [0.15, 0.2) is 39.9 Å². The molecule has 0 saturated heterocycles. The van der Waals surface area contributed by atoms with Gasteiger partial charge in [-0.25, -0.2) is 4.79 Å². The number of aromatic nitrogens is 5. The lowest BCUT2D eigenvalue weighted by molar-refractivity contribution is 0.512. The summed E-state index contributed by atoms with van der Waals surface area (Å²) in [6.07, 6.45) is 0. The monoisotopic (exact) mass is 473 g/mol. The topological polar surface area (TPSA) is 104 Å². The van der Waals surface area contributed by atoms with Crippen LogP contribution in [0.2, 0.25) is 0 Å². The molecule has 0 aliphatic heterocycles. The molecule has 0 unspecified atom stereocenters. The van der Waals surface area contributed by atoms with Crippen molar-refractivity contribution in [3.63, 3.8) is 0 Å². The zero-order valence-corrected chi connectivity index (χ0v) is 21.1. The fourth-order valence-corrected chi connectivity index (χ4v) is 4.47. The van der Waals surface area contributed by atoms with Crippen LogP contribution in [0.25, 0.3) is 21.9 Å². The van der Waals surface area contributed by atoms with E-state index in [0.717, 1.165) is 16.5 Å². The van der Waals surface area contributed by atoms with Gasteiger partial charge in [-0.3, -0.25) is 23.5 Å². The summed E-state index contributed by atoms with van der Waals surface area (Å²) >= 11 is 0. The Morgan fingerprint density at radius 3 is 2.54 bits per heavy atom. The second-order valence-electron chi connectivity index (χ2n) is 9.61. The Hall–Kier alpha value is -3.90.